The highest BCUT2D eigenvalue weighted by Gasteiger charge is 2.42. The lowest BCUT2D eigenvalue weighted by molar-refractivity contribution is 0.0926. The van der Waals surface area contributed by atoms with Crippen LogP contribution in [-0.4, -0.2) is 46.3 Å². The van der Waals surface area contributed by atoms with Crippen LogP contribution < -0.4 is 4.90 Å². The first-order valence-electron chi connectivity index (χ1n) is 21.0. The molecular weight excluding hydrogens is 793 g/mol. The Balaban J connectivity index is 1.15. The monoisotopic (exact) mass is 830 g/mol. The molecule has 0 aliphatic carbocycles. The van der Waals surface area contributed by atoms with Crippen LogP contribution in [0.15, 0.2) is 158 Å². The number of aromatic nitrogens is 7. The van der Waals surface area contributed by atoms with E-state index in [1.54, 1.807) is 6.07 Å². The van der Waals surface area contributed by atoms with E-state index in [4.69, 9.17) is 0 Å². The Bertz CT molecular complexity index is 3320. The van der Waals surface area contributed by atoms with Gasteiger partial charge >= 0.3 is 0 Å². The fraction of sp³-hybridized carbons (Fsp3) is 0.0741. The summed E-state index contributed by atoms with van der Waals surface area (Å²) in [5.74, 6) is 2.82. The number of aryl methyl sites for hydroxylation is 4. The van der Waals surface area contributed by atoms with Crippen molar-refractivity contribution in [2.24, 2.45) is 0 Å². The number of fused-ring (bicyclic) bond motifs is 4. The van der Waals surface area contributed by atoms with E-state index in [2.05, 4.69) is 70.9 Å². The van der Waals surface area contributed by atoms with Gasteiger partial charge in [-0.25, -0.2) is 34.8 Å². The number of benzene rings is 7. The van der Waals surface area contributed by atoms with E-state index in [0.717, 1.165) is 66.3 Å². The molecule has 10 heteroatoms. The smallest absolute Gasteiger partial charge is 0.268 e. The fourth-order valence-electron chi connectivity index (χ4n) is 9.06. The van der Waals surface area contributed by atoms with Crippen molar-refractivity contribution < 1.29 is 9.59 Å². The molecule has 10 aromatic rings. The number of hydrogen-bond acceptors (Lipinski definition) is 8. The van der Waals surface area contributed by atoms with Gasteiger partial charge in [0.2, 0.25) is 0 Å². The molecule has 3 aromatic heterocycles. The van der Waals surface area contributed by atoms with Gasteiger partial charge in [-0.05, 0) is 111 Å². The summed E-state index contributed by atoms with van der Waals surface area (Å²) in [5, 5.41) is 1.79. The van der Waals surface area contributed by atoms with Gasteiger partial charge in [0.1, 0.15) is 23.3 Å². The van der Waals surface area contributed by atoms with Crippen molar-refractivity contribution >= 4 is 39.3 Å². The molecule has 1 aliphatic rings. The normalized spacial score (nSPS) is 12.4. The molecule has 11 rings (SSSR count). The van der Waals surface area contributed by atoms with E-state index in [1.807, 2.05) is 143 Å². The van der Waals surface area contributed by atoms with Crippen molar-refractivity contribution in [1.82, 2.24) is 34.5 Å². The molecule has 0 bridgehead atoms. The van der Waals surface area contributed by atoms with Crippen LogP contribution in [0.3, 0.4) is 0 Å². The zero-order chi connectivity index (χ0) is 43.6. The van der Waals surface area contributed by atoms with Crippen LogP contribution in [0.4, 0.5) is 5.69 Å². The van der Waals surface area contributed by atoms with Crippen LogP contribution >= 0.6 is 0 Å². The summed E-state index contributed by atoms with van der Waals surface area (Å²) in [6.45, 7) is 7.42. The lowest BCUT2D eigenvalue weighted by Gasteiger charge is -2.24. The van der Waals surface area contributed by atoms with Gasteiger partial charge in [-0.15, -0.1) is 0 Å². The lowest BCUT2D eigenvalue weighted by Crippen LogP contribution is -2.30. The van der Waals surface area contributed by atoms with Crippen molar-refractivity contribution in [3.63, 3.8) is 0 Å². The Morgan fingerprint density at radius 3 is 1.30 bits per heavy atom. The number of anilines is 1. The maximum absolute atomic E-state index is 15.6. The third-order valence-electron chi connectivity index (χ3n) is 11.7. The summed E-state index contributed by atoms with van der Waals surface area (Å²) in [4.78, 5) is 59.6. The first kappa shape index (κ1) is 38.4. The minimum absolute atomic E-state index is 0.317. The van der Waals surface area contributed by atoms with E-state index >= 15 is 9.59 Å². The molecular formula is C54H38N8O2. The average Bonchev–Trinajstić information content (AvgIpc) is 3.77. The SMILES string of the molecule is Cc1nc(C)nc(-c2ccc3c(c2)c2cc(-c4nc(C)nc(C)n4)ccc2n3-c2cccc3c2C(=O)N(c2c(-c4ccccc4)cc(-c4ccccc4)cc2-c2ccccc2)C3=O)n1. The van der Waals surface area contributed by atoms with Crippen LogP contribution in [0.1, 0.15) is 44.0 Å². The molecule has 0 saturated carbocycles. The van der Waals surface area contributed by atoms with Crippen molar-refractivity contribution in [2.45, 2.75) is 27.7 Å². The van der Waals surface area contributed by atoms with Gasteiger partial charge in [-0.2, -0.15) is 0 Å². The predicted octanol–water partition coefficient (Wildman–Crippen LogP) is 11.5. The highest BCUT2D eigenvalue weighted by atomic mass is 16.2. The lowest BCUT2D eigenvalue weighted by atomic mass is 9.90. The second-order valence-corrected chi connectivity index (χ2v) is 16.0. The van der Waals surface area contributed by atoms with Gasteiger partial charge in [0.15, 0.2) is 11.6 Å². The third-order valence-corrected chi connectivity index (χ3v) is 11.7. The summed E-state index contributed by atoms with van der Waals surface area (Å²) in [6, 6.07) is 51.9. The summed E-state index contributed by atoms with van der Waals surface area (Å²) in [7, 11) is 0. The minimum Gasteiger partial charge on any atom is -0.308 e. The van der Waals surface area contributed by atoms with Crippen LogP contribution in [0.5, 0.6) is 0 Å². The molecule has 0 spiro atoms. The number of carbonyl (C=O) groups is 2. The molecule has 0 saturated heterocycles. The molecule has 1 aliphatic heterocycles. The number of amides is 2. The standard InChI is InChI=1S/C54H38N8O2/c1-31-55-32(2)58-51(57-31)38-23-25-46-44(27-38)45-28-39(52-59-33(3)56-34(4)60-52)24-26-47(45)61(46)48-22-14-21-41-49(48)54(64)62(53(41)63)50-42(36-17-10-6-11-18-36)29-40(35-15-8-5-9-16-35)30-43(50)37-19-12-7-13-20-37/h5-30H,1-4H3. The van der Waals surface area contributed by atoms with Gasteiger partial charge in [0.05, 0.1) is 33.5 Å². The predicted molar refractivity (Wildman–Crippen MR) is 251 cm³/mol. The number of hydrogen-bond donors (Lipinski definition) is 0. The summed E-state index contributed by atoms with van der Waals surface area (Å²) in [6.07, 6.45) is 0. The van der Waals surface area contributed by atoms with Crippen LogP contribution in [0.2, 0.25) is 0 Å². The Kier molecular flexibility index (Phi) is 9.09. The molecule has 0 N–H and O–H groups in total. The summed E-state index contributed by atoms with van der Waals surface area (Å²) in [5.41, 5.74) is 10.3. The summed E-state index contributed by atoms with van der Waals surface area (Å²) >= 11 is 0. The number of carbonyl (C=O) groups excluding carboxylic acids is 2. The van der Waals surface area contributed by atoms with Gasteiger partial charge in [-0.1, -0.05) is 97.1 Å². The number of rotatable bonds is 7. The average molecular weight is 831 g/mol. The molecule has 306 valence electrons. The second-order valence-electron chi connectivity index (χ2n) is 16.0. The van der Waals surface area contributed by atoms with E-state index in [0.29, 0.717) is 57.4 Å². The molecule has 0 fully saturated rings. The van der Waals surface area contributed by atoms with Gasteiger partial charge < -0.3 is 4.57 Å². The van der Waals surface area contributed by atoms with Crippen LogP contribution in [0, 0.1) is 27.7 Å². The first-order valence-corrected chi connectivity index (χ1v) is 21.0. The van der Waals surface area contributed by atoms with Gasteiger partial charge in [-0.3, -0.25) is 9.59 Å². The molecule has 4 heterocycles. The van der Waals surface area contributed by atoms with Gasteiger partial charge in [0, 0.05) is 33.0 Å². The Morgan fingerprint density at radius 2 is 0.828 bits per heavy atom. The largest absolute Gasteiger partial charge is 0.308 e. The van der Waals surface area contributed by atoms with Crippen molar-refractivity contribution in [3.8, 4) is 61.8 Å². The molecule has 7 aromatic carbocycles. The quantitative estimate of drug-likeness (QED) is 0.146. The molecule has 0 atom stereocenters. The maximum Gasteiger partial charge on any atom is 0.268 e. The highest BCUT2D eigenvalue weighted by Crippen LogP contribution is 2.47. The zero-order valence-electron chi connectivity index (χ0n) is 35.4. The van der Waals surface area contributed by atoms with Crippen LogP contribution in [0.25, 0.3) is 83.6 Å². The molecule has 64 heavy (non-hydrogen) atoms. The molecule has 10 nitrogen and oxygen atoms in total. The van der Waals surface area contributed by atoms with E-state index in [-0.39, 0.29) is 0 Å². The summed E-state index contributed by atoms with van der Waals surface area (Å²) < 4.78 is 2.08. The van der Waals surface area contributed by atoms with Crippen LogP contribution in [-0.2, 0) is 0 Å². The van der Waals surface area contributed by atoms with Crippen molar-refractivity contribution in [2.75, 3.05) is 4.90 Å². The highest BCUT2D eigenvalue weighted by molar-refractivity contribution is 6.37. The van der Waals surface area contributed by atoms with E-state index < -0.39 is 11.8 Å². The second kappa shape index (κ2) is 15.1. The van der Waals surface area contributed by atoms with E-state index in [9.17, 15) is 0 Å². The van der Waals surface area contributed by atoms with E-state index in [1.165, 1.54) is 4.90 Å². The molecule has 0 unspecified atom stereocenters. The van der Waals surface area contributed by atoms with Crippen molar-refractivity contribution in [3.05, 3.63) is 192 Å². The van der Waals surface area contributed by atoms with Gasteiger partial charge in [0.25, 0.3) is 11.8 Å². The minimum atomic E-state index is -0.409. The maximum atomic E-state index is 15.6. The molecule has 2 amide bonds. The Morgan fingerprint density at radius 1 is 0.375 bits per heavy atom. The fourth-order valence-corrected chi connectivity index (χ4v) is 9.06. The zero-order valence-corrected chi connectivity index (χ0v) is 35.4. The molecule has 0 radical (unpaired) electrons. The Hall–Kier alpha value is -8.50. The number of nitrogens with zero attached hydrogens (tertiary/aromatic N) is 8. The first-order chi connectivity index (χ1) is 31.2. The Labute approximate surface area is 368 Å². The number of imide groups is 1. The van der Waals surface area contributed by atoms with Crippen molar-refractivity contribution in [1.29, 1.82) is 0 Å². The third kappa shape index (κ3) is 6.42. The topological polar surface area (TPSA) is 120 Å².